The number of hydrogen-bond donors (Lipinski definition) is 2. The Morgan fingerprint density at radius 1 is 1.16 bits per heavy atom. The van der Waals surface area contributed by atoms with E-state index in [-0.39, 0.29) is 34.9 Å². The van der Waals surface area contributed by atoms with Gasteiger partial charge in [0.25, 0.3) is 5.91 Å². The van der Waals surface area contributed by atoms with Crippen LogP contribution >= 0.6 is 0 Å². The maximum Gasteiger partial charge on any atom is 0.405 e. The van der Waals surface area contributed by atoms with Crippen LogP contribution < -0.4 is 10.6 Å². The molecule has 0 spiro atoms. The van der Waals surface area contributed by atoms with Crippen molar-refractivity contribution in [2.45, 2.75) is 76.5 Å². The van der Waals surface area contributed by atoms with Gasteiger partial charge in [0.2, 0.25) is 11.8 Å². The summed E-state index contributed by atoms with van der Waals surface area (Å²) in [6.07, 6.45) is -3.19. The molecule has 3 amide bonds. The monoisotopic (exact) mass is 632 g/mol. The standard InChI is InChI=1S/C32H43F3N4O4Si/c1-31(2,3)44(5,6)43-25-12-13-39(18-25)19-27(23-8-7-9-24(16-23)30(42)36-20-32(33,34)35)38(4)29(41)15-21-10-11-22-17-28(40)37-26(22)14-21/h7-11,14,16,25,27H,12-13,15,17-20H2,1-6H3,(H,36,42)(H,37,40)/t25-,27+/m0/s1. The lowest BCUT2D eigenvalue weighted by Crippen LogP contribution is -2.45. The van der Waals surface area contributed by atoms with Gasteiger partial charge >= 0.3 is 6.18 Å². The number of fused-ring (bicyclic) bond motifs is 1. The van der Waals surface area contributed by atoms with Crippen molar-refractivity contribution in [3.8, 4) is 0 Å². The lowest BCUT2D eigenvalue weighted by atomic mass is 10.0. The normalized spacial score (nSPS) is 18.1. The summed E-state index contributed by atoms with van der Waals surface area (Å²) in [7, 11) is -0.275. The number of alkyl halides is 3. The summed E-state index contributed by atoms with van der Waals surface area (Å²) in [5.41, 5.74) is 3.09. The molecule has 4 rings (SSSR count). The molecule has 240 valence electrons. The Kier molecular flexibility index (Phi) is 9.96. The molecule has 2 aromatic rings. The fraction of sp³-hybridized carbons (Fsp3) is 0.531. The lowest BCUT2D eigenvalue weighted by Gasteiger charge is -2.38. The number of hydrogen-bond acceptors (Lipinski definition) is 5. The van der Waals surface area contributed by atoms with E-state index in [9.17, 15) is 27.6 Å². The van der Waals surface area contributed by atoms with Crippen LogP contribution in [0.3, 0.4) is 0 Å². The molecule has 0 aliphatic carbocycles. The van der Waals surface area contributed by atoms with Gasteiger partial charge in [-0.15, -0.1) is 0 Å². The highest BCUT2D eigenvalue weighted by Gasteiger charge is 2.41. The molecule has 2 aromatic carbocycles. The van der Waals surface area contributed by atoms with Gasteiger partial charge in [-0.3, -0.25) is 19.3 Å². The average Bonchev–Trinajstić information content (AvgIpc) is 3.53. The van der Waals surface area contributed by atoms with E-state index in [1.54, 1.807) is 30.1 Å². The maximum absolute atomic E-state index is 13.7. The second kappa shape index (κ2) is 13.0. The third kappa shape index (κ3) is 8.48. The van der Waals surface area contributed by atoms with Gasteiger partial charge in [-0.05, 0) is 59.4 Å². The summed E-state index contributed by atoms with van der Waals surface area (Å²) in [5, 5.41) is 4.82. The van der Waals surface area contributed by atoms with Crippen molar-refractivity contribution in [2.24, 2.45) is 0 Å². The Hall–Kier alpha value is -3.22. The summed E-state index contributed by atoms with van der Waals surface area (Å²) < 4.78 is 44.9. The molecule has 0 unspecified atom stereocenters. The second-order valence-corrected chi connectivity index (χ2v) is 18.1. The van der Waals surface area contributed by atoms with Crippen molar-refractivity contribution in [1.82, 2.24) is 15.1 Å². The van der Waals surface area contributed by atoms with E-state index >= 15 is 0 Å². The number of anilines is 1. The number of rotatable bonds is 10. The molecule has 2 aliphatic rings. The van der Waals surface area contributed by atoms with E-state index in [0.717, 1.165) is 24.1 Å². The Morgan fingerprint density at radius 3 is 2.57 bits per heavy atom. The molecule has 1 saturated heterocycles. The first kappa shape index (κ1) is 33.7. The number of likely N-dealkylation sites (N-methyl/N-ethyl adjacent to an activating group) is 1. The molecule has 2 atom stereocenters. The Morgan fingerprint density at radius 2 is 1.89 bits per heavy atom. The van der Waals surface area contributed by atoms with Crippen LogP contribution in [0.4, 0.5) is 18.9 Å². The fourth-order valence-corrected chi connectivity index (χ4v) is 6.74. The largest absolute Gasteiger partial charge is 0.413 e. The van der Waals surface area contributed by atoms with Crippen LogP contribution in [0.1, 0.15) is 60.3 Å². The predicted molar refractivity (Wildman–Crippen MR) is 166 cm³/mol. The van der Waals surface area contributed by atoms with E-state index in [4.69, 9.17) is 4.43 Å². The third-order valence-corrected chi connectivity index (χ3v) is 13.5. The van der Waals surface area contributed by atoms with Crippen molar-refractivity contribution in [2.75, 3.05) is 38.5 Å². The van der Waals surface area contributed by atoms with Crippen molar-refractivity contribution in [3.63, 3.8) is 0 Å². The van der Waals surface area contributed by atoms with Crippen molar-refractivity contribution >= 4 is 31.7 Å². The average molecular weight is 633 g/mol. The number of nitrogens with zero attached hydrogens (tertiary/aromatic N) is 2. The number of nitrogens with one attached hydrogen (secondary N) is 2. The van der Waals surface area contributed by atoms with Gasteiger partial charge in [-0.25, -0.2) is 0 Å². The smallest absolute Gasteiger partial charge is 0.405 e. The van der Waals surface area contributed by atoms with Crippen LogP contribution in [0, 0.1) is 0 Å². The van der Waals surface area contributed by atoms with Crippen LogP contribution in [0.2, 0.25) is 18.1 Å². The van der Waals surface area contributed by atoms with Gasteiger partial charge in [-0.2, -0.15) is 13.2 Å². The van der Waals surface area contributed by atoms with Crippen molar-refractivity contribution in [3.05, 3.63) is 64.7 Å². The van der Waals surface area contributed by atoms with Crippen LogP contribution in [0.25, 0.3) is 0 Å². The molecule has 0 aromatic heterocycles. The Balaban J connectivity index is 1.54. The molecular weight excluding hydrogens is 589 g/mol. The van der Waals surface area contributed by atoms with Gasteiger partial charge in [0.15, 0.2) is 8.32 Å². The first-order valence-electron chi connectivity index (χ1n) is 14.9. The number of amides is 3. The molecule has 44 heavy (non-hydrogen) atoms. The SMILES string of the molecule is CN(C(=O)Cc1ccc2c(c1)NC(=O)C2)[C@H](CN1CC[C@H](O[Si](C)(C)C(C)(C)C)C1)c1cccc(C(=O)NCC(F)(F)F)c1. The van der Waals surface area contributed by atoms with E-state index in [2.05, 4.69) is 44.1 Å². The first-order chi connectivity index (χ1) is 20.4. The summed E-state index contributed by atoms with van der Waals surface area (Å²) in [6.45, 7) is 11.6. The summed E-state index contributed by atoms with van der Waals surface area (Å²) in [5.74, 6) is -1.08. The zero-order chi connectivity index (χ0) is 32.4. The van der Waals surface area contributed by atoms with Gasteiger partial charge in [0.05, 0.1) is 25.0 Å². The predicted octanol–water partition coefficient (Wildman–Crippen LogP) is 5.31. The summed E-state index contributed by atoms with van der Waals surface area (Å²) >= 11 is 0. The van der Waals surface area contributed by atoms with Crippen molar-refractivity contribution in [1.29, 1.82) is 0 Å². The Bertz CT molecular complexity index is 1390. The molecule has 12 heteroatoms. The molecule has 2 aliphatic heterocycles. The van der Waals surface area contributed by atoms with Gasteiger partial charge < -0.3 is 20.0 Å². The molecule has 2 N–H and O–H groups in total. The van der Waals surface area contributed by atoms with E-state index in [1.807, 2.05) is 23.5 Å². The minimum atomic E-state index is -4.53. The van der Waals surface area contributed by atoms with E-state index in [1.165, 1.54) is 6.07 Å². The topological polar surface area (TPSA) is 91.0 Å². The van der Waals surface area contributed by atoms with Crippen LogP contribution in [0.15, 0.2) is 42.5 Å². The molecule has 8 nitrogen and oxygen atoms in total. The molecule has 1 fully saturated rings. The number of carbonyl (C=O) groups excluding carboxylic acids is 3. The molecule has 2 heterocycles. The fourth-order valence-electron chi connectivity index (χ4n) is 5.36. The highest BCUT2D eigenvalue weighted by molar-refractivity contribution is 6.74. The van der Waals surface area contributed by atoms with Gasteiger partial charge in [0.1, 0.15) is 6.54 Å². The zero-order valence-corrected chi connectivity index (χ0v) is 27.3. The third-order valence-electron chi connectivity index (χ3n) is 8.93. The second-order valence-electron chi connectivity index (χ2n) is 13.4. The number of likely N-dealkylation sites (tertiary alicyclic amines) is 1. The Labute approximate surface area is 258 Å². The van der Waals surface area contributed by atoms with Crippen LogP contribution in [0.5, 0.6) is 0 Å². The van der Waals surface area contributed by atoms with Crippen LogP contribution in [-0.4, -0.2) is 81.3 Å². The van der Waals surface area contributed by atoms with Gasteiger partial charge in [0, 0.05) is 37.9 Å². The molecule has 0 bridgehead atoms. The zero-order valence-electron chi connectivity index (χ0n) is 26.3. The maximum atomic E-state index is 13.7. The number of carbonyl (C=O) groups is 3. The number of benzene rings is 2. The number of halogens is 3. The summed E-state index contributed by atoms with van der Waals surface area (Å²) in [6, 6.07) is 11.5. The highest BCUT2D eigenvalue weighted by Crippen LogP contribution is 2.38. The highest BCUT2D eigenvalue weighted by atomic mass is 28.4. The van der Waals surface area contributed by atoms with E-state index in [0.29, 0.717) is 30.8 Å². The molecular formula is C32H43F3N4O4Si. The first-order valence-corrected chi connectivity index (χ1v) is 17.8. The minimum absolute atomic E-state index is 0.0682. The summed E-state index contributed by atoms with van der Waals surface area (Å²) in [4.78, 5) is 41.9. The molecule has 0 saturated carbocycles. The minimum Gasteiger partial charge on any atom is -0.413 e. The van der Waals surface area contributed by atoms with Crippen LogP contribution in [-0.2, 0) is 26.9 Å². The quantitative estimate of drug-likeness (QED) is 0.347. The lowest BCUT2D eigenvalue weighted by molar-refractivity contribution is -0.131. The van der Waals surface area contributed by atoms with Gasteiger partial charge in [-0.1, -0.05) is 45.0 Å². The molecule has 0 radical (unpaired) electrons. The van der Waals surface area contributed by atoms with E-state index < -0.39 is 33.0 Å². The van der Waals surface area contributed by atoms with Crippen molar-refractivity contribution < 1.29 is 32.0 Å².